The van der Waals surface area contributed by atoms with E-state index in [0.717, 1.165) is 5.56 Å². The summed E-state index contributed by atoms with van der Waals surface area (Å²) >= 11 is 5.95. The first kappa shape index (κ1) is 13.3. The maximum absolute atomic E-state index is 12.8. The van der Waals surface area contributed by atoms with Crippen LogP contribution in [0.3, 0.4) is 0 Å². The minimum atomic E-state index is -3.74. The minimum Gasteiger partial charge on any atom is -0.398 e. The second kappa shape index (κ2) is 4.39. The number of benzene rings is 1. The molecule has 20 heavy (non-hydrogen) atoms. The highest BCUT2D eigenvalue weighted by atomic mass is 35.5. The molecule has 106 valence electrons. The largest absolute Gasteiger partial charge is 0.398 e. The van der Waals surface area contributed by atoms with E-state index in [4.69, 9.17) is 17.3 Å². The van der Waals surface area contributed by atoms with Crippen molar-refractivity contribution >= 4 is 33.0 Å². The molecule has 1 aromatic carbocycles. The second-order valence-corrected chi connectivity index (χ2v) is 6.78. The summed E-state index contributed by atoms with van der Waals surface area (Å²) in [5.41, 5.74) is 7.97. The van der Waals surface area contributed by atoms with Crippen LogP contribution in [0.15, 0.2) is 29.4 Å². The highest BCUT2D eigenvalue weighted by Gasteiger charge is 2.35. The van der Waals surface area contributed by atoms with Crippen molar-refractivity contribution in [1.29, 1.82) is 0 Å². The van der Waals surface area contributed by atoms with Crippen molar-refractivity contribution in [2.75, 3.05) is 16.6 Å². The summed E-state index contributed by atoms with van der Waals surface area (Å²) in [4.78, 5) is 0. The first-order chi connectivity index (χ1) is 9.43. The Morgan fingerprint density at radius 2 is 2.15 bits per heavy atom. The van der Waals surface area contributed by atoms with Crippen LogP contribution in [0.4, 0.5) is 11.4 Å². The summed E-state index contributed by atoms with van der Waals surface area (Å²) in [7, 11) is -2.19. The standard InChI is InChI=1S/C12H13ClN4O2S/c1-16-12(9(13)7-15-16)20(18,19)17-6-5-8-10(14)3-2-4-11(8)17/h2-4,7H,5-6,14H2,1H3. The number of nitrogen functional groups attached to an aromatic ring is 1. The number of halogens is 1. The zero-order valence-corrected chi connectivity index (χ0v) is 12.3. The lowest BCUT2D eigenvalue weighted by molar-refractivity contribution is 0.573. The Morgan fingerprint density at radius 3 is 2.80 bits per heavy atom. The predicted molar refractivity (Wildman–Crippen MR) is 77.3 cm³/mol. The van der Waals surface area contributed by atoms with E-state index in [2.05, 4.69) is 5.10 Å². The molecule has 1 aromatic heterocycles. The lowest BCUT2D eigenvalue weighted by atomic mass is 10.1. The van der Waals surface area contributed by atoms with Crippen LogP contribution in [0.5, 0.6) is 0 Å². The molecule has 0 spiro atoms. The van der Waals surface area contributed by atoms with Gasteiger partial charge in [0.2, 0.25) is 0 Å². The van der Waals surface area contributed by atoms with Gasteiger partial charge in [0.05, 0.1) is 16.9 Å². The van der Waals surface area contributed by atoms with Crippen molar-refractivity contribution in [3.63, 3.8) is 0 Å². The quantitative estimate of drug-likeness (QED) is 0.850. The number of aromatic nitrogens is 2. The minimum absolute atomic E-state index is 0.00515. The smallest absolute Gasteiger partial charge is 0.283 e. The van der Waals surface area contributed by atoms with E-state index in [-0.39, 0.29) is 10.0 Å². The van der Waals surface area contributed by atoms with Gasteiger partial charge < -0.3 is 5.73 Å². The monoisotopic (exact) mass is 312 g/mol. The number of aryl methyl sites for hydroxylation is 1. The van der Waals surface area contributed by atoms with Gasteiger partial charge >= 0.3 is 0 Å². The summed E-state index contributed by atoms with van der Waals surface area (Å²) in [6.07, 6.45) is 1.92. The summed E-state index contributed by atoms with van der Waals surface area (Å²) < 4.78 is 28.1. The van der Waals surface area contributed by atoms with Crippen LogP contribution in [-0.4, -0.2) is 24.7 Å². The third-order valence-electron chi connectivity index (χ3n) is 3.40. The maximum Gasteiger partial charge on any atom is 0.283 e. The van der Waals surface area contributed by atoms with Crippen LogP contribution in [0, 0.1) is 0 Å². The molecule has 2 aromatic rings. The first-order valence-electron chi connectivity index (χ1n) is 6.00. The molecule has 3 rings (SSSR count). The summed E-state index contributed by atoms with van der Waals surface area (Å²) in [5.74, 6) is 0. The van der Waals surface area contributed by atoms with E-state index < -0.39 is 10.0 Å². The number of hydrogen-bond donors (Lipinski definition) is 1. The molecule has 0 aliphatic carbocycles. The number of nitrogens with zero attached hydrogens (tertiary/aromatic N) is 3. The van der Waals surface area contributed by atoms with Crippen molar-refractivity contribution < 1.29 is 8.42 Å². The van der Waals surface area contributed by atoms with Crippen LogP contribution in [0.2, 0.25) is 5.02 Å². The first-order valence-corrected chi connectivity index (χ1v) is 7.82. The van der Waals surface area contributed by atoms with Gasteiger partial charge in [-0.05, 0) is 18.6 Å². The van der Waals surface area contributed by atoms with Gasteiger partial charge in [0.15, 0.2) is 5.03 Å². The zero-order chi connectivity index (χ0) is 14.5. The number of nitrogens with two attached hydrogens (primary N) is 1. The van der Waals surface area contributed by atoms with E-state index in [1.54, 1.807) is 25.2 Å². The van der Waals surface area contributed by atoms with Crippen molar-refractivity contribution in [3.8, 4) is 0 Å². The van der Waals surface area contributed by atoms with E-state index in [1.165, 1.54) is 15.2 Å². The van der Waals surface area contributed by atoms with Crippen LogP contribution in [0.1, 0.15) is 5.56 Å². The van der Waals surface area contributed by atoms with Gasteiger partial charge in [-0.15, -0.1) is 0 Å². The fraction of sp³-hybridized carbons (Fsp3) is 0.250. The predicted octanol–water partition coefficient (Wildman–Crippen LogP) is 1.41. The van der Waals surface area contributed by atoms with Gasteiger partial charge in [-0.2, -0.15) is 13.5 Å². The molecular formula is C12H13ClN4O2S. The van der Waals surface area contributed by atoms with Crippen molar-refractivity contribution in [2.45, 2.75) is 11.4 Å². The number of hydrogen-bond acceptors (Lipinski definition) is 4. The van der Waals surface area contributed by atoms with Gasteiger partial charge in [-0.25, -0.2) is 0 Å². The highest BCUT2D eigenvalue weighted by molar-refractivity contribution is 7.92. The van der Waals surface area contributed by atoms with E-state index in [9.17, 15) is 8.42 Å². The zero-order valence-electron chi connectivity index (χ0n) is 10.7. The Kier molecular flexibility index (Phi) is 2.91. The van der Waals surface area contributed by atoms with Gasteiger partial charge in [-0.1, -0.05) is 17.7 Å². The fourth-order valence-electron chi connectivity index (χ4n) is 2.48. The van der Waals surface area contributed by atoms with E-state index in [0.29, 0.717) is 24.3 Å². The van der Waals surface area contributed by atoms with Crippen molar-refractivity contribution in [1.82, 2.24) is 9.78 Å². The Balaban J connectivity index is 2.15. The average molecular weight is 313 g/mol. The van der Waals surface area contributed by atoms with Gasteiger partial charge in [0, 0.05) is 24.8 Å². The van der Waals surface area contributed by atoms with Crippen LogP contribution < -0.4 is 10.0 Å². The lowest BCUT2D eigenvalue weighted by Crippen LogP contribution is -2.30. The molecular weight excluding hydrogens is 300 g/mol. The van der Waals surface area contributed by atoms with Gasteiger partial charge in [-0.3, -0.25) is 8.99 Å². The van der Waals surface area contributed by atoms with E-state index in [1.807, 2.05) is 0 Å². The maximum atomic E-state index is 12.8. The molecule has 0 saturated heterocycles. The Morgan fingerprint density at radius 1 is 1.40 bits per heavy atom. The Labute approximate surface area is 121 Å². The SMILES string of the molecule is Cn1ncc(Cl)c1S(=O)(=O)N1CCc2c(N)cccc21. The summed E-state index contributed by atoms with van der Waals surface area (Å²) in [6.45, 7) is 0.355. The normalized spacial score (nSPS) is 14.6. The van der Waals surface area contributed by atoms with Crippen LogP contribution in [0.25, 0.3) is 0 Å². The lowest BCUT2D eigenvalue weighted by Gasteiger charge is -2.19. The van der Waals surface area contributed by atoms with Gasteiger partial charge in [0.1, 0.15) is 0 Å². The molecule has 0 amide bonds. The number of anilines is 2. The molecule has 0 radical (unpaired) electrons. The Hall–Kier alpha value is -1.73. The van der Waals surface area contributed by atoms with E-state index >= 15 is 0 Å². The molecule has 1 aliphatic rings. The number of sulfonamides is 1. The molecule has 0 unspecified atom stereocenters. The van der Waals surface area contributed by atoms with Crippen LogP contribution in [-0.2, 0) is 23.5 Å². The second-order valence-electron chi connectivity index (χ2n) is 4.59. The molecule has 0 fully saturated rings. The highest BCUT2D eigenvalue weighted by Crippen LogP contribution is 2.37. The molecule has 2 N–H and O–H groups in total. The van der Waals surface area contributed by atoms with Crippen LogP contribution >= 0.6 is 11.6 Å². The molecule has 0 saturated carbocycles. The molecule has 2 heterocycles. The topological polar surface area (TPSA) is 81.2 Å². The number of rotatable bonds is 2. The summed E-state index contributed by atoms with van der Waals surface area (Å²) in [6, 6.07) is 5.26. The third kappa shape index (κ3) is 1.77. The Bertz CT molecular complexity index is 765. The molecule has 1 aliphatic heterocycles. The van der Waals surface area contributed by atoms with Gasteiger partial charge in [0.25, 0.3) is 10.0 Å². The fourth-order valence-corrected chi connectivity index (χ4v) is 4.58. The van der Waals surface area contributed by atoms with Crippen molar-refractivity contribution in [3.05, 3.63) is 35.0 Å². The molecule has 6 nitrogen and oxygen atoms in total. The average Bonchev–Trinajstić information content (AvgIpc) is 2.95. The summed E-state index contributed by atoms with van der Waals surface area (Å²) in [5, 5.41) is 3.99. The molecule has 0 atom stereocenters. The number of fused-ring (bicyclic) bond motifs is 1. The third-order valence-corrected chi connectivity index (χ3v) is 5.72. The van der Waals surface area contributed by atoms with Crippen molar-refractivity contribution in [2.24, 2.45) is 7.05 Å². The molecule has 8 heteroatoms. The molecule has 0 bridgehead atoms.